The first-order chi connectivity index (χ1) is 8.58. The van der Waals surface area contributed by atoms with Crippen molar-refractivity contribution < 1.29 is 14.7 Å². The first-order valence-corrected chi connectivity index (χ1v) is 6.81. The first kappa shape index (κ1) is 14.9. The summed E-state index contributed by atoms with van der Waals surface area (Å²) >= 11 is 7.32. The van der Waals surface area contributed by atoms with E-state index in [0.717, 1.165) is 4.90 Å². The Balaban J connectivity index is 2.15. The number of carbonyl (C=O) groups excluding carboxylic acids is 1. The van der Waals surface area contributed by atoms with E-state index < -0.39 is 5.97 Å². The smallest absolute Gasteiger partial charge is 0.305 e. The summed E-state index contributed by atoms with van der Waals surface area (Å²) in [4.78, 5) is 22.6. The van der Waals surface area contributed by atoms with Gasteiger partial charge in [0.15, 0.2) is 0 Å². The third kappa shape index (κ3) is 6.51. The van der Waals surface area contributed by atoms with E-state index in [1.165, 1.54) is 0 Å². The molecule has 0 aromatic heterocycles. The molecule has 0 spiro atoms. The maximum absolute atomic E-state index is 11.3. The molecule has 0 aliphatic heterocycles. The van der Waals surface area contributed by atoms with Crippen molar-refractivity contribution in [3.05, 3.63) is 29.3 Å². The van der Waals surface area contributed by atoms with Gasteiger partial charge in [-0.25, -0.2) is 0 Å². The quantitative estimate of drug-likeness (QED) is 0.756. The van der Waals surface area contributed by atoms with Gasteiger partial charge in [-0.05, 0) is 24.3 Å². The summed E-state index contributed by atoms with van der Waals surface area (Å²) in [6.07, 6.45) is 0.322. The Bertz CT molecular complexity index is 408. The van der Waals surface area contributed by atoms with E-state index in [2.05, 4.69) is 5.32 Å². The summed E-state index contributed by atoms with van der Waals surface area (Å²) < 4.78 is 0. The molecule has 2 N–H and O–H groups in total. The zero-order chi connectivity index (χ0) is 13.4. The van der Waals surface area contributed by atoms with Crippen LogP contribution in [0.3, 0.4) is 0 Å². The van der Waals surface area contributed by atoms with Gasteiger partial charge < -0.3 is 10.4 Å². The lowest BCUT2D eigenvalue weighted by Crippen LogP contribution is -2.26. The minimum Gasteiger partial charge on any atom is -0.481 e. The molecule has 1 aromatic carbocycles. The fourth-order valence-electron chi connectivity index (χ4n) is 1.19. The molecule has 1 rings (SSSR count). The number of carbonyl (C=O) groups is 2. The molecule has 0 atom stereocenters. The van der Waals surface area contributed by atoms with Gasteiger partial charge in [-0.15, -0.1) is 11.8 Å². The molecule has 0 radical (unpaired) electrons. The Morgan fingerprint density at radius 2 is 1.89 bits per heavy atom. The summed E-state index contributed by atoms with van der Waals surface area (Å²) in [7, 11) is 0. The molecule has 0 saturated carbocycles. The van der Waals surface area contributed by atoms with Crippen LogP contribution in [0.5, 0.6) is 0 Å². The summed E-state index contributed by atoms with van der Waals surface area (Å²) in [5.74, 6) is -0.385. The van der Waals surface area contributed by atoms with Crippen molar-refractivity contribution in [3.63, 3.8) is 0 Å². The first-order valence-electron chi connectivity index (χ1n) is 5.45. The summed E-state index contributed by atoms with van der Waals surface area (Å²) in [5.41, 5.74) is 0. The van der Waals surface area contributed by atoms with Gasteiger partial charge in [0.1, 0.15) is 0 Å². The molecule has 0 saturated heterocycles. The van der Waals surface area contributed by atoms with Gasteiger partial charge in [0.25, 0.3) is 0 Å². The number of benzene rings is 1. The van der Waals surface area contributed by atoms with Gasteiger partial charge in [0.2, 0.25) is 5.91 Å². The number of aliphatic carboxylic acids is 1. The van der Waals surface area contributed by atoms with Crippen molar-refractivity contribution in [2.45, 2.75) is 17.7 Å². The van der Waals surface area contributed by atoms with Gasteiger partial charge in [-0.1, -0.05) is 11.6 Å². The predicted molar refractivity (Wildman–Crippen MR) is 72.1 cm³/mol. The number of halogens is 1. The molecular weight excluding hydrogens is 274 g/mol. The van der Waals surface area contributed by atoms with Crippen LogP contribution < -0.4 is 5.32 Å². The number of amides is 1. The highest BCUT2D eigenvalue weighted by Gasteiger charge is 2.03. The van der Waals surface area contributed by atoms with E-state index in [1.54, 1.807) is 23.9 Å². The molecule has 0 unspecified atom stereocenters. The molecular formula is C12H14ClNO3S. The zero-order valence-corrected chi connectivity index (χ0v) is 11.3. The average molecular weight is 288 g/mol. The molecule has 98 valence electrons. The van der Waals surface area contributed by atoms with Crippen LogP contribution >= 0.6 is 23.4 Å². The molecule has 18 heavy (non-hydrogen) atoms. The summed E-state index contributed by atoms with van der Waals surface area (Å²) in [6, 6.07) is 7.40. The highest BCUT2D eigenvalue weighted by Crippen LogP contribution is 2.20. The number of hydrogen-bond donors (Lipinski definition) is 2. The standard InChI is InChI=1S/C12H14ClNO3S/c13-9-1-3-10(4-2-9)18-8-6-11(15)14-7-5-12(16)17/h1-4H,5-8H2,(H,14,15)(H,16,17). The highest BCUT2D eigenvalue weighted by molar-refractivity contribution is 7.99. The molecule has 0 fully saturated rings. The minimum absolute atomic E-state index is 0.0456. The largest absolute Gasteiger partial charge is 0.481 e. The molecule has 1 aromatic rings. The molecule has 4 nitrogen and oxygen atoms in total. The number of nitrogens with one attached hydrogen (secondary N) is 1. The second kappa shape index (κ2) is 8.00. The van der Waals surface area contributed by atoms with Crippen LogP contribution in [0.4, 0.5) is 0 Å². The molecule has 1 amide bonds. The third-order valence-corrected chi connectivity index (χ3v) is 3.34. The van der Waals surface area contributed by atoms with Crippen molar-refractivity contribution in [1.29, 1.82) is 0 Å². The van der Waals surface area contributed by atoms with Crippen molar-refractivity contribution in [3.8, 4) is 0 Å². The molecule has 0 aliphatic carbocycles. The molecule has 6 heteroatoms. The fourth-order valence-corrected chi connectivity index (χ4v) is 2.17. The molecule has 0 bridgehead atoms. The van der Waals surface area contributed by atoms with Crippen LogP contribution in [0.2, 0.25) is 5.02 Å². The third-order valence-electron chi connectivity index (χ3n) is 2.07. The Labute approximate surface area is 115 Å². The number of carboxylic acids is 1. The lowest BCUT2D eigenvalue weighted by Gasteiger charge is -2.03. The molecule has 0 aliphatic rings. The van der Waals surface area contributed by atoms with Crippen molar-refractivity contribution in [2.24, 2.45) is 0 Å². The zero-order valence-electron chi connectivity index (χ0n) is 9.69. The van der Waals surface area contributed by atoms with E-state index in [1.807, 2.05) is 12.1 Å². The highest BCUT2D eigenvalue weighted by atomic mass is 35.5. The molecule has 0 heterocycles. The SMILES string of the molecule is O=C(O)CCNC(=O)CCSc1ccc(Cl)cc1. The Morgan fingerprint density at radius 3 is 2.50 bits per heavy atom. The maximum atomic E-state index is 11.3. The second-order valence-electron chi connectivity index (χ2n) is 3.55. The van der Waals surface area contributed by atoms with Gasteiger partial charge in [0, 0.05) is 28.6 Å². The van der Waals surface area contributed by atoms with Crippen LogP contribution in [0.15, 0.2) is 29.2 Å². The monoisotopic (exact) mass is 287 g/mol. The Kier molecular flexibility index (Phi) is 6.60. The van der Waals surface area contributed by atoms with E-state index in [-0.39, 0.29) is 18.9 Å². The normalized spacial score (nSPS) is 10.1. The van der Waals surface area contributed by atoms with Crippen LogP contribution in [-0.2, 0) is 9.59 Å². The van der Waals surface area contributed by atoms with Crippen LogP contribution in [-0.4, -0.2) is 29.3 Å². The number of hydrogen-bond acceptors (Lipinski definition) is 3. The van der Waals surface area contributed by atoms with Crippen molar-refractivity contribution >= 4 is 35.2 Å². The van der Waals surface area contributed by atoms with Gasteiger partial charge in [-0.2, -0.15) is 0 Å². The number of thioether (sulfide) groups is 1. The van der Waals surface area contributed by atoms with Crippen LogP contribution in [0, 0.1) is 0 Å². The average Bonchev–Trinajstić information content (AvgIpc) is 2.31. The number of rotatable bonds is 7. The van der Waals surface area contributed by atoms with Gasteiger partial charge >= 0.3 is 5.97 Å². The minimum atomic E-state index is -0.911. The fraction of sp³-hybridized carbons (Fsp3) is 0.333. The van der Waals surface area contributed by atoms with E-state index in [9.17, 15) is 9.59 Å². The topological polar surface area (TPSA) is 66.4 Å². The van der Waals surface area contributed by atoms with Crippen LogP contribution in [0.1, 0.15) is 12.8 Å². The second-order valence-corrected chi connectivity index (χ2v) is 5.15. The lowest BCUT2D eigenvalue weighted by molar-refractivity contribution is -0.136. The predicted octanol–water partition coefficient (Wildman–Crippen LogP) is 2.41. The summed E-state index contributed by atoms with van der Waals surface area (Å²) in [6.45, 7) is 0.180. The Morgan fingerprint density at radius 1 is 1.22 bits per heavy atom. The number of carboxylic acid groups (broad SMARTS) is 1. The van der Waals surface area contributed by atoms with E-state index in [4.69, 9.17) is 16.7 Å². The van der Waals surface area contributed by atoms with E-state index in [0.29, 0.717) is 17.2 Å². The van der Waals surface area contributed by atoms with Crippen molar-refractivity contribution in [1.82, 2.24) is 5.32 Å². The van der Waals surface area contributed by atoms with Gasteiger partial charge in [0.05, 0.1) is 6.42 Å². The summed E-state index contributed by atoms with van der Waals surface area (Å²) in [5, 5.41) is 11.6. The van der Waals surface area contributed by atoms with Gasteiger partial charge in [-0.3, -0.25) is 9.59 Å². The van der Waals surface area contributed by atoms with Crippen LogP contribution in [0.25, 0.3) is 0 Å². The lowest BCUT2D eigenvalue weighted by atomic mass is 10.4. The van der Waals surface area contributed by atoms with E-state index >= 15 is 0 Å². The van der Waals surface area contributed by atoms with Crippen molar-refractivity contribution in [2.75, 3.05) is 12.3 Å². The maximum Gasteiger partial charge on any atom is 0.305 e. The Hall–Kier alpha value is -1.20.